The third kappa shape index (κ3) is 2.89. The van der Waals surface area contributed by atoms with E-state index < -0.39 is 12.0 Å². The standard InChI is InChI=1S/C20H16N4O3/c1-27-19(26)16-15(18(25)14-10-6-3-7-11-14)17(13-8-4-2-5-9-13)24-20(23-16)21-12-22-24/h2-12,17H,1H3,(H,21,22,23)/t17-/m1/s1. The molecule has 1 aliphatic heterocycles. The lowest BCUT2D eigenvalue weighted by Gasteiger charge is -2.28. The first-order chi connectivity index (χ1) is 13.2. The molecule has 0 radical (unpaired) electrons. The van der Waals surface area contributed by atoms with E-state index in [4.69, 9.17) is 4.74 Å². The van der Waals surface area contributed by atoms with Gasteiger partial charge in [0.05, 0.1) is 12.7 Å². The van der Waals surface area contributed by atoms with Gasteiger partial charge in [-0.05, 0) is 5.56 Å². The largest absolute Gasteiger partial charge is 0.464 e. The number of allylic oxidation sites excluding steroid dienone is 1. The van der Waals surface area contributed by atoms with Gasteiger partial charge in [-0.25, -0.2) is 9.48 Å². The zero-order valence-electron chi connectivity index (χ0n) is 14.5. The molecule has 1 aromatic heterocycles. The number of ketones is 1. The smallest absolute Gasteiger partial charge is 0.355 e. The molecule has 134 valence electrons. The van der Waals surface area contributed by atoms with Crippen molar-refractivity contribution in [2.24, 2.45) is 0 Å². The molecule has 0 saturated heterocycles. The zero-order chi connectivity index (χ0) is 18.8. The first-order valence-corrected chi connectivity index (χ1v) is 8.34. The normalized spacial score (nSPS) is 15.7. The number of Topliss-reactive ketones (excluding diaryl/α,β-unsaturated/α-hetero) is 1. The summed E-state index contributed by atoms with van der Waals surface area (Å²) in [5.74, 6) is -0.545. The molecular formula is C20H16N4O3. The summed E-state index contributed by atoms with van der Waals surface area (Å²) < 4.78 is 6.51. The number of hydrogen-bond donors (Lipinski definition) is 1. The van der Waals surface area contributed by atoms with Gasteiger partial charge in [0, 0.05) is 5.56 Å². The minimum atomic E-state index is -0.635. The van der Waals surface area contributed by atoms with E-state index in [9.17, 15) is 9.59 Å². The molecule has 2 aromatic carbocycles. The minimum Gasteiger partial charge on any atom is -0.464 e. The number of rotatable bonds is 4. The van der Waals surface area contributed by atoms with Gasteiger partial charge in [0.2, 0.25) is 5.95 Å². The number of aromatic nitrogens is 3. The van der Waals surface area contributed by atoms with Gasteiger partial charge in [0.25, 0.3) is 0 Å². The SMILES string of the molecule is COC(=O)C1=C(C(=O)c2ccccc2)[C@@H](c2ccccc2)n2ncnc2N1. The molecule has 0 amide bonds. The van der Waals surface area contributed by atoms with Crippen molar-refractivity contribution in [1.29, 1.82) is 0 Å². The van der Waals surface area contributed by atoms with Gasteiger partial charge in [-0.3, -0.25) is 4.79 Å². The number of hydrogen-bond acceptors (Lipinski definition) is 6. The number of nitrogens with one attached hydrogen (secondary N) is 1. The number of fused-ring (bicyclic) bond motifs is 1. The summed E-state index contributed by atoms with van der Waals surface area (Å²) >= 11 is 0. The van der Waals surface area contributed by atoms with Crippen LogP contribution in [-0.2, 0) is 9.53 Å². The molecule has 0 bridgehead atoms. The van der Waals surface area contributed by atoms with Crippen LogP contribution < -0.4 is 5.32 Å². The van der Waals surface area contributed by atoms with Crippen LogP contribution in [0.3, 0.4) is 0 Å². The fourth-order valence-electron chi connectivity index (χ4n) is 3.16. The van der Waals surface area contributed by atoms with Crippen molar-refractivity contribution < 1.29 is 14.3 Å². The van der Waals surface area contributed by atoms with E-state index in [1.165, 1.54) is 13.4 Å². The van der Waals surface area contributed by atoms with Gasteiger partial charge in [-0.1, -0.05) is 60.7 Å². The Balaban J connectivity index is 1.96. The number of carbonyl (C=O) groups is 2. The van der Waals surface area contributed by atoms with Crippen LogP contribution in [0.2, 0.25) is 0 Å². The molecule has 0 saturated carbocycles. The summed E-state index contributed by atoms with van der Waals surface area (Å²) in [6.07, 6.45) is 1.38. The van der Waals surface area contributed by atoms with Crippen LogP contribution in [-0.4, -0.2) is 33.6 Å². The van der Waals surface area contributed by atoms with Gasteiger partial charge in [-0.15, -0.1) is 0 Å². The zero-order valence-corrected chi connectivity index (χ0v) is 14.5. The maximum atomic E-state index is 13.4. The molecule has 4 rings (SSSR count). The van der Waals surface area contributed by atoms with Crippen LogP contribution in [0.1, 0.15) is 22.0 Å². The average molecular weight is 360 g/mol. The first kappa shape index (κ1) is 16.7. The quantitative estimate of drug-likeness (QED) is 0.569. The molecule has 3 aromatic rings. The Morgan fingerprint density at radius 3 is 2.37 bits per heavy atom. The molecule has 0 spiro atoms. The van der Waals surface area contributed by atoms with Gasteiger partial charge in [0.1, 0.15) is 18.1 Å². The first-order valence-electron chi connectivity index (χ1n) is 8.34. The summed E-state index contributed by atoms with van der Waals surface area (Å²) in [7, 11) is 1.28. The fourth-order valence-corrected chi connectivity index (χ4v) is 3.16. The summed E-state index contributed by atoms with van der Waals surface area (Å²) in [6, 6.07) is 17.6. The molecule has 1 aliphatic rings. The number of nitrogens with zero attached hydrogens (tertiary/aromatic N) is 3. The van der Waals surface area contributed by atoms with Crippen LogP contribution in [0.25, 0.3) is 0 Å². The molecular weight excluding hydrogens is 344 g/mol. The predicted molar refractivity (Wildman–Crippen MR) is 98.0 cm³/mol. The highest BCUT2D eigenvalue weighted by Crippen LogP contribution is 2.36. The lowest BCUT2D eigenvalue weighted by molar-refractivity contribution is -0.136. The van der Waals surface area contributed by atoms with Crippen LogP contribution in [0.4, 0.5) is 5.95 Å². The number of anilines is 1. The number of esters is 1. The molecule has 2 heterocycles. The minimum absolute atomic E-state index is 0.0701. The monoisotopic (exact) mass is 360 g/mol. The van der Waals surface area contributed by atoms with Crippen molar-refractivity contribution in [3.05, 3.63) is 89.4 Å². The van der Waals surface area contributed by atoms with E-state index in [1.807, 2.05) is 36.4 Å². The molecule has 0 unspecified atom stereocenters. The maximum absolute atomic E-state index is 13.4. The number of ether oxygens (including phenoxy) is 1. The maximum Gasteiger partial charge on any atom is 0.355 e. The molecule has 7 nitrogen and oxygen atoms in total. The van der Waals surface area contributed by atoms with Gasteiger partial charge >= 0.3 is 5.97 Å². The lowest BCUT2D eigenvalue weighted by Crippen LogP contribution is -2.32. The van der Waals surface area contributed by atoms with Gasteiger partial charge in [0.15, 0.2) is 5.78 Å². The molecule has 7 heteroatoms. The predicted octanol–water partition coefficient (Wildman–Crippen LogP) is 2.60. The second-order valence-electron chi connectivity index (χ2n) is 5.94. The van der Waals surface area contributed by atoms with Crippen molar-refractivity contribution in [3.63, 3.8) is 0 Å². The van der Waals surface area contributed by atoms with Crippen LogP contribution in [0.5, 0.6) is 0 Å². The highest BCUT2D eigenvalue weighted by molar-refractivity contribution is 6.14. The van der Waals surface area contributed by atoms with Crippen molar-refractivity contribution >= 4 is 17.7 Å². The Hall–Kier alpha value is -3.74. The Morgan fingerprint density at radius 2 is 1.70 bits per heavy atom. The van der Waals surface area contributed by atoms with E-state index in [0.29, 0.717) is 11.5 Å². The molecule has 1 N–H and O–H groups in total. The highest BCUT2D eigenvalue weighted by atomic mass is 16.5. The van der Waals surface area contributed by atoms with E-state index in [2.05, 4.69) is 15.4 Å². The Morgan fingerprint density at radius 1 is 1.04 bits per heavy atom. The summed E-state index contributed by atoms with van der Waals surface area (Å²) in [5, 5.41) is 7.17. The van der Waals surface area contributed by atoms with E-state index in [-0.39, 0.29) is 17.1 Å². The highest BCUT2D eigenvalue weighted by Gasteiger charge is 2.37. The van der Waals surface area contributed by atoms with Crippen LogP contribution in [0, 0.1) is 0 Å². The van der Waals surface area contributed by atoms with E-state index in [1.54, 1.807) is 28.9 Å². The summed E-state index contributed by atoms with van der Waals surface area (Å²) in [6.45, 7) is 0. The third-order valence-electron chi connectivity index (χ3n) is 4.38. The van der Waals surface area contributed by atoms with Gasteiger partial charge < -0.3 is 10.1 Å². The van der Waals surface area contributed by atoms with Crippen molar-refractivity contribution in [2.45, 2.75) is 6.04 Å². The number of methoxy groups -OCH3 is 1. The van der Waals surface area contributed by atoms with Crippen molar-refractivity contribution in [3.8, 4) is 0 Å². The Labute approximate surface area is 155 Å². The second kappa shape index (κ2) is 6.87. The summed E-state index contributed by atoms with van der Waals surface area (Å²) in [5.41, 5.74) is 1.62. The Bertz CT molecular complexity index is 1030. The van der Waals surface area contributed by atoms with Crippen molar-refractivity contribution in [1.82, 2.24) is 14.8 Å². The fraction of sp³-hybridized carbons (Fsp3) is 0.100. The molecule has 0 fully saturated rings. The second-order valence-corrected chi connectivity index (χ2v) is 5.94. The van der Waals surface area contributed by atoms with E-state index >= 15 is 0 Å². The molecule has 27 heavy (non-hydrogen) atoms. The molecule has 0 aliphatic carbocycles. The van der Waals surface area contributed by atoms with Crippen LogP contribution in [0.15, 0.2) is 78.3 Å². The lowest BCUT2D eigenvalue weighted by atomic mass is 9.89. The third-order valence-corrected chi connectivity index (χ3v) is 4.38. The van der Waals surface area contributed by atoms with Gasteiger partial charge in [-0.2, -0.15) is 10.1 Å². The van der Waals surface area contributed by atoms with E-state index in [0.717, 1.165) is 5.56 Å². The van der Waals surface area contributed by atoms with Crippen molar-refractivity contribution in [2.75, 3.05) is 12.4 Å². The number of benzene rings is 2. The summed E-state index contributed by atoms with van der Waals surface area (Å²) in [4.78, 5) is 30.0. The van der Waals surface area contributed by atoms with Crippen LogP contribution >= 0.6 is 0 Å². The average Bonchev–Trinajstić information content (AvgIpc) is 3.21. The Kier molecular flexibility index (Phi) is 4.25. The topological polar surface area (TPSA) is 86.1 Å². The molecule has 1 atom stereocenters. The number of carbonyl (C=O) groups excluding carboxylic acids is 2.